The van der Waals surface area contributed by atoms with Gasteiger partial charge in [0, 0.05) is 32.0 Å². The summed E-state index contributed by atoms with van der Waals surface area (Å²) in [5, 5.41) is 10.9. The zero-order valence-electron chi connectivity index (χ0n) is 19.7. The molecule has 0 radical (unpaired) electrons. The standard InChI is InChI=1S/C27H40O6/c28-16-15-21-22(29)19-24(33-26-14-5-7-18-31-26)27(21)23(32-25-13-4-6-17-30-25)12-8-11-20-9-2-1-3-10-20/h1-3,9-10,16,21-27,29H,4-8,11-15,17-19H2/t21?,22-,23-,24+,25?,26?,27-/m0/s1. The van der Waals surface area contributed by atoms with Crippen molar-refractivity contribution in [1.82, 2.24) is 0 Å². The summed E-state index contributed by atoms with van der Waals surface area (Å²) in [6.07, 6.45) is 9.30. The summed E-state index contributed by atoms with van der Waals surface area (Å²) in [6, 6.07) is 10.5. The van der Waals surface area contributed by atoms with Gasteiger partial charge in [-0.25, -0.2) is 0 Å². The normalized spacial score (nSPS) is 33.6. The molecule has 6 nitrogen and oxygen atoms in total. The maximum Gasteiger partial charge on any atom is 0.157 e. The minimum atomic E-state index is -0.568. The third-order valence-corrected chi connectivity index (χ3v) is 7.42. The van der Waals surface area contributed by atoms with Crippen LogP contribution in [0.2, 0.25) is 0 Å². The predicted molar refractivity (Wildman–Crippen MR) is 125 cm³/mol. The van der Waals surface area contributed by atoms with Crippen molar-refractivity contribution in [3.63, 3.8) is 0 Å². The van der Waals surface area contributed by atoms with Crippen molar-refractivity contribution in [3.05, 3.63) is 35.9 Å². The Labute approximate surface area is 197 Å². The number of ether oxygens (including phenoxy) is 4. The highest BCUT2D eigenvalue weighted by molar-refractivity contribution is 5.50. The van der Waals surface area contributed by atoms with Crippen LogP contribution in [0.1, 0.15) is 69.8 Å². The average Bonchev–Trinajstić information content (AvgIpc) is 3.15. The van der Waals surface area contributed by atoms with Crippen LogP contribution in [0.25, 0.3) is 0 Å². The summed E-state index contributed by atoms with van der Waals surface area (Å²) < 4.78 is 24.8. The Morgan fingerprint density at radius 1 is 1.03 bits per heavy atom. The van der Waals surface area contributed by atoms with Gasteiger partial charge in [-0.3, -0.25) is 0 Å². The lowest BCUT2D eigenvalue weighted by molar-refractivity contribution is -0.232. The van der Waals surface area contributed by atoms with Gasteiger partial charge in [-0.2, -0.15) is 0 Å². The second kappa shape index (κ2) is 13.0. The molecular formula is C27H40O6. The van der Waals surface area contributed by atoms with E-state index in [1.54, 1.807) is 0 Å². The van der Waals surface area contributed by atoms with Gasteiger partial charge >= 0.3 is 0 Å². The maximum absolute atomic E-state index is 11.5. The third kappa shape index (κ3) is 7.09. The van der Waals surface area contributed by atoms with Crippen LogP contribution in [0.3, 0.4) is 0 Å². The van der Waals surface area contributed by atoms with E-state index in [1.165, 1.54) is 5.56 Å². The van der Waals surface area contributed by atoms with Crippen molar-refractivity contribution < 1.29 is 28.8 Å². The number of aryl methyl sites for hydroxylation is 1. The van der Waals surface area contributed by atoms with Gasteiger partial charge in [-0.1, -0.05) is 30.3 Å². The number of aliphatic hydroxyl groups is 1. The zero-order chi connectivity index (χ0) is 22.9. The van der Waals surface area contributed by atoms with Crippen LogP contribution in [0.5, 0.6) is 0 Å². The molecule has 3 aliphatic rings. The summed E-state index contributed by atoms with van der Waals surface area (Å²) in [5.41, 5.74) is 1.31. The second-order valence-corrected chi connectivity index (χ2v) is 9.77. The fourth-order valence-electron chi connectivity index (χ4n) is 5.72. The molecule has 3 fully saturated rings. The van der Waals surface area contributed by atoms with E-state index in [4.69, 9.17) is 18.9 Å². The van der Waals surface area contributed by atoms with Crippen LogP contribution < -0.4 is 0 Å². The van der Waals surface area contributed by atoms with E-state index >= 15 is 0 Å². The Bertz CT molecular complexity index is 685. The highest BCUT2D eigenvalue weighted by Gasteiger charge is 2.48. The lowest BCUT2D eigenvalue weighted by atomic mass is 9.84. The zero-order valence-corrected chi connectivity index (χ0v) is 19.7. The highest BCUT2D eigenvalue weighted by atomic mass is 16.7. The summed E-state index contributed by atoms with van der Waals surface area (Å²) in [6.45, 7) is 1.44. The number of carbonyl (C=O) groups is 1. The monoisotopic (exact) mass is 460 g/mol. The molecular weight excluding hydrogens is 420 g/mol. The van der Waals surface area contributed by atoms with Crippen LogP contribution in [0, 0.1) is 11.8 Å². The Kier molecular flexibility index (Phi) is 9.74. The van der Waals surface area contributed by atoms with Crippen molar-refractivity contribution in [3.8, 4) is 0 Å². The number of benzene rings is 1. The van der Waals surface area contributed by atoms with Crippen LogP contribution in [-0.2, 0) is 30.2 Å². The molecule has 1 saturated carbocycles. The van der Waals surface area contributed by atoms with Gasteiger partial charge in [0.15, 0.2) is 12.6 Å². The molecule has 3 unspecified atom stereocenters. The number of hydrogen-bond donors (Lipinski definition) is 1. The van der Waals surface area contributed by atoms with Gasteiger partial charge < -0.3 is 28.8 Å². The molecule has 6 heteroatoms. The Hall–Kier alpha value is -1.31. The van der Waals surface area contributed by atoms with Gasteiger partial charge in [-0.15, -0.1) is 0 Å². The topological polar surface area (TPSA) is 74.2 Å². The molecule has 0 aromatic heterocycles. The van der Waals surface area contributed by atoms with Crippen molar-refractivity contribution in [2.24, 2.45) is 11.8 Å². The first-order valence-electron chi connectivity index (χ1n) is 12.9. The fourth-order valence-corrected chi connectivity index (χ4v) is 5.72. The fraction of sp³-hybridized carbons (Fsp3) is 0.741. The molecule has 0 amide bonds. The van der Waals surface area contributed by atoms with E-state index in [0.717, 1.165) is 77.3 Å². The lowest BCUT2D eigenvalue weighted by Gasteiger charge is -2.37. The van der Waals surface area contributed by atoms with E-state index < -0.39 is 6.10 Å². The molecule has 2 aliphatic heterocycles. The molecule has 184 valence electrons. The van der Waals surface area contributed by atoms with Crippen molar-refractivity contribution in [2.75, 3.05) is 13.2 Å². The van der Waals surface area contributed by atoms with E-state index in [1.807, 2.05) is 6.07 Å². The quantitative estimate of drug-likeness (QED) is 0.493. The van der Waals surface area contributed by atoms with Gasteiger partial charge in [0.1, 0.15) is 6.29 Å². The van der Waals surface area contributed by atoms with Crippen molar-refractivity contribution in [2.45, 2.75) is 102 Å². The van der Waals surface area contributed by atoms with Crippen LogP contribution >= 0.6 is 0 Å². The molecule has 33 heavy (non-hydrogen) atoms. The first-order chi connectivity index (χ1) is 16.2. The number of aldehydes is 1. The number of rotatable bonds is 11. The molecule has 1 aromatic rings. The maximum atomic E-state index is 11.5. The largest absolute Gasteiger partial charge is 0.393 e. The van der Waals surface area contributed by atoms with Gasteiger partial charge in [-0.05, 0) is 69.3 Å². The molecule has 2 saturated heterocycles. The smallest absolute Gasteiger partial charge is 0.157 e. The van der Waals surface area contributed by atoms with E-state index in [2.05, 4.69) is 24.3 Å². The number of aliphatic hydroxyl groups excluding tert-OH is 1. The molecule has 1 aromatic carbocycles. The van der Waals surface area contributed by atoms with Crippen molar-refractivity contribution >= 4 is 6.29 Å². The molecule has 1 aliphatic carbocycles. The molecule has 2 heterocycles. The molecule has 1 N–H and O–H groups in total. The minimum absolute atomic E-state index is 0.0583. The van der Waals surface area contributed by atoms with Gasteiger partial charge in [0.05, 0.1) is 18.3 Å². The Morgan fingerprint density at radius 3 is 2.42 bits per heavy atom. The number of hydrogen-bond acceptors (Lipinski definition) is 6. The third-order valence-electron chi connectivity index (χ3n) is 7.42. The summed E-state index contributed by atoms with van der Waals surface area (Å²) in [7, 11) is 0. The van der Waals surface area contributed by atoms with Gasteiger partial charge in [0.2, 0.25) is 0 Å². The summed E-state index contributed by atoms with van der Waals surface area (Å²) in [4.78, 5) is 11.5. The second-order valence-electron chi connectivity index (χ2n) is 9.77. The number of carbonyl (C=O) groups excluding carboxylic acids is 1. The van der Waals surface area contributed by atoms with E-state index in [-0.39, 0.29) is 36.6 Å². The van der Waals surface area contributed by atoms with E-state index in [9.17, 15) is 9.90 Å². The minimum Gasteiger partial charge on any atom is -0.393 e. The average molecular weight is 461 g/mol. The van der Waals surface area contributed by atoms with E-state index in [0.29, 0.717) is 12.8 Å². The molecule has 0 bridgehead atoms. The Morgan fingerprint density at radius 2 is 1.76 bits per heavy atom. The van der Waals surface area contributed by atoms with Crippen LogP contribution in [-0.4, -0.2) is 55.5 Å². The van der Waals surface area contributed by atoms with Crippen LogP contribution in [0.15, 0.2) is 30.3 Å². The van der Waals surface area contributed by atoms with Gasteiger partial charge in [0.25, 0.3) is 0 Å². The highest BCUT2D eigenvalue weighted by Crippen LogP contribution is 2.42. The van der Waals surface area contributed by atoms with Crippen LogP contribution in [0.4, 0.5) is 0 Å². The Balaban J connectivity index is 1.48. The molecule has 0 spiro atoms. The first-order valence-corrected chi connectivity index (χ1v) is 12.9. The predicted octanol–water partition coefficient (Wildman–Crippen LogP) is 4.42. The van der Waals surface area contributed by atoms with Crippen molar-refractivity contribution in [1.29, 1.82) is 0 Å². The summed E-state index contributed by atoms with van der Waals surface area (Å²) >= 11 is 0. The summed E-state index contributed by atoms with van der Waals surface area (Å²) in [5.74, 6) is -0.224. The first kappa shape index (κ1) is 24.8. The molecule has 7 atom stereocenters. The molecule has 4 rings (SSSR count). The SMILES string of the molecule is O=CCC1[C@@H]([C@H](CCCc2ccccc2)OC2CCCCO2)[C@H](OC2CCCCO2)C[C@@H]1O. The lowest BCUT2D eigenvalue weighted by Crippen LogP contribution is -2.41.